The molecule has 1 aromatic heterocycles. The molecule has 3 heterocycles. The van der Waals surface area contributed by atoms with Gasteiger partial charge in [-0.15, -0.1) is 0 Å². The summed E-state index contributed by atoms with van der Waals surface area (Å²) in [6.07, 6.45) is 11.2. The summed E-state index contributed by atoms with van der Waals surface area (Å²) >= 11 is 0. The van der Waals surface area contributed by atoms with E-state index in [1.165, 1.54) is 16.7 Å². The molecule has 1 unspecified atom stereocenters. The molecule has 6 nitrogen and oxygen atoms in total. The van der Waals surface area contributed by atoms with Crippen molar-refractivity contribution in [1.82, 2.24) is 9.88 Å². The Morgan fingerprint density at radius 3 is 2.72 bits per heavy atom. The normalized spacial score (nSPS) is 40.9. The molecule has 2 fully saturated rings. The van der Waals surface area contributed by atoms with Crippen LogP contribution < -0.4 is 0 Å². The Balaban J connectivity index is 1.29. The number of aromatic hydroxyl groups is 1. The van der Waals surface area contributed by atoms with Gasteiger partial charge in [0, 0.05) is 35.0 Å². The van der Waals surface area contributed by atoms with Crippen LogP contribution in [0.3, 0.4) is 0 Å². The van der Waals surface area contributed by atoms with E-state index < -0.39 is 17.8 Å². The molecule has 2 aromatic rings. The number of hydrogen-bond donors (Lipinski definition) is 3. The highest BCUT2D eigenvalue weighted by Gasteiger charge is 2.67. The molecule has 2 spiro atoms. The second-order valence-electron chi connectivity index (χ2n) is 12.0. The number of aliphatic hydroxyl groups excluding tert-OH is 2. The van der Waals surface area contributed by atoms with Gasteiger partial charge in [-0.2, -0.15) is 0 Å². The molecule has 36 heavy (non-hydrogen) atoms. The first kappa shape index (κ1) is 22.7. The molecule has 0 radical (unpaired) electrons. The maximum Gasteiger partial charge on any atom is 0.211 e. The van der Waals surface area contributed by atoms with Gasteiger partial charge in [0.05, 0.1) is 17.3 Å². The molecule has 7 rings (SSSR count). The van der Waals surface area contributed by atoms with Gasteiger partial charge in [0.2, 0.25) is 5.88 Å². The largest absolute Gasteiger partial charge is 0.493 e. The van der Waals surface area contributed by atoms with Crippen LogP contribution in [0.2, 0.25) is 0 Å². The number of benzene rings is 1. The highest BCUT2D eigenvalue weighted by atomic mass is 16.5. The van der Waals surface area contributed by atoms with Gasteiger partial charge in [-0.3, -0.25) is 0 Å². The van der Waals surface area contributed by atoms with Crippen molar-refractivity contribution in [3.63, 3.8) is 0 Å². The van der Waals surface area contributed by atoms with Crippen LogP contribution in [0.4, 0.5) is 0 Å². The molecule has 2 bridgehead atoms. The highest BCUT2D eigenvalue weighted by molar-refractivity contribution is 5.88. The van der Waals surface area contributed by atoms with Crippen LogP contribution in [0, 0.1) is 11.3 Å². The molecule has 7 atom stereocenters. The van der Waals surface area contributed by atoms with Crippen molar-refractivity contribution in [3.05, 3.63) is 65.4 Å². The Morgan fingerprint density at radius 2 is 1.92 bits per heavy atom. The van der Waals surface area contributed by atoms with Crippen molar-refractivity contribution in [2.75, 3.05) is 14.1 Å². The zero-order valence-electron chi connectivity index (χ0n) is 21.1. The summed E-state index contributed by atoms with van der Waals surface area (Å²) in [7, 11) is 3.93. The molecule has 188 valence electrons. The van der Waals surface area contributed by atoms with Crippen LogP contribution in [-0.4, -0.2) is 68.8 Å². The summed E-state index contributed by atoms with van der Waals surface area (Å²) in [6, 6.07) is 8.02. The summed E-state index contributed by atoms with van der Waals surface area (Å²) in [6.45, 7) is 2.38. The van der Waals surface area contributed by atoms with Crippen LogP contribution in [0.25, 0.3) is 16.3 Å². The van der Waals surface area contributed by atoms with Gasteiger partial charge in [0.15, 0.2) is 0 Å². The third-order valence-electron chi connectivity index (χ3n) is 10.1. The lowest BCUT2D eigenvalue weighted by Gasteiger charge is -2.55. The number of pyridine rings is 1. The quantitative estimate of drug-likeness (QED) is 0.596. The van der Waals surface area contributed by atoms with Gasteiger partial charge >= 0.3 is 0 Å². The highest BCUT2D eigenvalue weighted by Crippen LogP contribution is 2.67. The van der Waals surface area contributed by atoms with E-state index in [9.17, 15) is 15.3 Å². The summed E-state index contributed by atoms with van der Waals surface area (Å²) in [5, 5.41) is 33.9. The van der Waals surface area contributed by atoms with E-state index in [2.05, 4.69) is 48.3 Å². The standard InChI is InChI=1S/C30H34N2O4/c1-28-9-8-20-14-22-26(34)27(35)23(32(2)3)15-29(22)10-11-30(20,36-29)24(28)7-6-21(28)17-4-5-18-16-31-25(33)13-19(18)12-17/h4-6,8,12-14,16,23-24,26-27,34-35H,7,9-11,15H2,1-3H3,(H,31,33)/t23-,24?,26+,27+,28+,29+,30+/m0/s1. The number of rotatable bonds is 2. The monoisotopic (exact) mass is 486 g/mol. The summed E-state index contributed by atoms with van der Waals surface area (Å²) in [5.41, 5.74) is 3.63. The van der Waals surface area contributed by atoms with Crippen molar-refractivity contribution in [2.24, 2.45) is 11.3 Å². The van der Waals surface area contributed by atoms with Gasteiger partial charge < -0.3 is 25.0 Å². The van der Waals surface area contributed by atoms with Crippen LogP contribution >= 0.6 is 0 Å². The summed E-state index contributed by atoms with van der Waals surface area (Å²) in [4.78, 5) is 6.04. The Bertz CT molecular complexity index is 1380. The van der Waals surface area contributed by atoms with E-state index in [4.69, 9.17) is 4.74 Å². The Kier molecular flexibility index (Phi) is 4.59. The molecule has 0 amide bonds. The predicted octanol–water partition coefficient (Wildman–Crippen LogP) is 3.96. The number of fused-ring (bicyclic) bond motifs is 2. The SMILES string of the molecule is CN(C)[C@H]1C[C@@]23CC[C@@]4(O2)C(=CC[C@]2(C)C(c5ccc6cnc(O)cc6c5)=CCC24)C=C3[C@@H](O)[C@@H]1O. The van der Waals surface area contributed by atoms with Crippen molar-refractivity contribution >= 4 is 16.3 Å². The lowest BCUT2D eigenvalue weighted by atomic mass is 9.58. The average molecular weight is 487 g/mol. The lowest BCUT2D eigenvalue weighted by Crippen LogP contribution is -2.61. The third-order valence-corrected chi connectivity index (χ3v) is 10.1. The second-order valence-corrected chi connectivity index (χ2v) is 12.0. The number of hydrogen-bond acceptors (Lipinski definition) is 6. The van der Waals surface area contributed by atoms with E-state index in [-0.39, 0.29) is 22.9 Å². The van der Waals surface area contributed by atoms with Gasteiger partial charge in [-0.1, -0.05) is 37.3 Å². The molecule has 5 aliphatic rings. The average Bonchev–Trinajstić information content (AvgIpc) is 3.36. The second kappa shape index (κ2) is 7.29. The van der Waals surface area contributed by atoms with Crippen LogP contribution in [0.5, 0.6) is 5.88 Å². The van der Waals surface area contributed by atoms with E-state index in [1.807, 2.05) is 19.0 Å². The fourth-order valence-electron chi connectivity index (χ4n) is 8.24. The number of aromatic nitrogens is 1. The smallest absolute Gasteiger partial charge is 0.211 e. The fraction of sp³-hybridized carbons (Fsp3) is 0.500. The van der Waals surface area contributed by atoms with Crippen molar-refractivity contribution < 1.29 is 20.1 Å². The number of allylic oxidation sites excluding steroid dienone is 3. The molecule has 3 aliphatic carbocycles. The molecule has 2 aliphatic heterocycles. The van der Waals surface area contributed by atoms with Crippen molar-refractivity contribution in [1.29, 1.82) is 0 Å². The van der Waals surface area contributed by atoms with Crippen LogP contribution in [-0.2, 0) is 4.74 Å². The lowest BCUT2D eigenvalue weighted by molar-refractivity contribution is -0.161. The molecule has 3 N–H and O–H groups in total. The van der Waals surface area contributed by atoms with E-state index in [0.717, 1.165) is 42.0 Å². The van der Waals surface area contributed by atoms with Gasteiger partial charge in [0.1, 0.15) is 6.10 Å². The topological polar surface area (TPSA) is 86.1 Å². The zero-order chi connectivity index (χ0) is 25.0. The molecule has 1 aromatic carbocycles. The predicted molar refractivity (Wildman–Crippen MR) is 138 cm³/mol. The maximum atomic E-state index is 11.1. The number of nitrogens with zero attached hydrogens (tertiary/aromatic N) is 2. The minimum atomic E-state index is -0.905. The molecule has 1 saturated carbocycles. The van der Waals surface area contributed by atoms with E-state index in [0.29, 0.717) is 12.3 Å². The first-order chi connectivity index (χ1) is 17.2. The Morgan fingerprint density at radius 1 is 1.08 bits per heavy atom. The van der Waals surface area contributed by atoms with Gasteiger partial charge in [0.25, 0.3) is 0 Å². The third kappa shape index (κ3) is 2.79. The van der Waals surface area contributed by atoms with E-state index >= 15 is 0 Å². The maximum absolute atomic E-state index is 11.1. The molecular weight excluding hydrogens is 452 g/mol. The number of aliphatic hydroxyl groups is 2. The first-order valence-electron chi connectivity index (χ1n) is 13.1. The Labute approximate surface area is 211 Å². The van der Waals surface area contributed by atoms with Crippen molar-refractivity contribution in [2.45, 2.75) is 68.5 Å². The van der Waals surface area contributed by atoms with Gasteiger partial charge in [-0.05, 0) is 79.9 Å². The number of ether oxygens (including phenoxy) is 1. The Hall–Kier alpha value is -2.51. The van der Waals surface area contributed by atoms with Gasteiger partial charge in [-0.25, -0.2) is 4.98 Å². The molecule has 1 saturated heterocycles. The van der Waals surface area contributed by atoms with Crippen molar-refractivity contribution in [3.8, 4) is 5.88 Å². The summed E-state index contributed by atoms with van der Waals surface area (Å²) < 4.78 is 7.22. The number of likely N-dealkylation sites (N-methyl/N-ethyl adjacent to an activating group) is 1. The minimum absolute atomic E-state index is 0.0403. The van der Waals surface area contributed by atoms with Crippen LogP contribution in [0.15, 0.2) is 59.8 Å². The molecular formula is C30H34N2O4. The minimum Gasteiger partial charge on any atom is -0.493 e. The fourth-order valence-corrected chi connectivity index (χ4v) is 8.24. The summed E-state index contributed by atoms with van der Waals surface area (Å²) in [5.74, 6) is 0.346. The van der Waals surface area contributed by atoms with Crippen LogP contribution in [0.1, 0.15) is 44.6 Å². The first-order valence-corrected chi connectivity index (χ1v) is 13.1. The zero-order valence-corrected chi connectivity index (χ0v) is 21.1. The molecule has 6 heteroatoms. The van der Waals surface area contributed by atoms with E-state index in [1.54, 1.807) is 12.3 Å².